The SMILES string of the molecule is O=C(NCc1cccnc1)[C@H]1CN2CC[C@H]1C[C@@H]2Cn1cc(COc2ccccc2)nn1. The van der Waals surface area contributed by atoms with Gasteiger partial charge in [0, 0.05) is 31.5 Å². The molecule has 3 saturated heterocycles. The number of rotatable bonds is 8. The Bertz CT molecular complexity index is 1030. The summed E-state index contributed by atoms with van der Waals surface area (Å²) in [7, 11) is 0. The van der Waals surface area contributed by atoms with Crippen molar-refractivity contribution >= 4 is 5.91 Å². The van der Waals surface area contributed by atoms with Gasteiger partial charge < -0.3 is 10.1 Å². The fourth-order valence-electron chi connectivity index (χ4n) is 4.83. The monoisotopic (exact) mass is 432 g/mol. The second-order valence-corrected chi connectivity index (χ2v) is 8.65. The van der Waals surface area contributed by atoms with E-state index in [1.165, 1.54) is 0 Å². The van der Waals surface area contributed by atoms with Crippen LogP contribution in [0.5, 0.6) is 5.75 Å². The Hall–Kier alpha value is -3.26. The van der Waals surface area contributed by atoms with Gasteiger partial charge in [-0.15, -0.1) is 5.10 Å². The molecule has 4 atom stereocenters. The molecular formula is C24H28N6O2. The van der Waals surface area contributed by atoms with E-state index in [4.69, 9.17) is 4.74 Å². The van der Waals surface area contributed by atoms with Crippen molar-refractivity contribution in [1.29, 1.82) is 0 Å². The van der Waals surface area contributed by atoms with Gasteiger partial charge in [-0.2, -0.15) is 0 Å². The number of carbonyl (C=O) groups is 1. The second-order valence-electron chi connectivity index (χ2n) is 8.65. The van der Waals surface area contributed by atoms with E-state index < -0.39 is 0 Å². The first-order valence-corrected chi connectivity index (χ1v) is 11.2. The van der Waals surface area contributed by atoms with Crippen molar-refractivity contribution in [3.8, 4) is 5.75 Å². The van der Waals surface area contributed by atoms with Crippen LogP contribution in [0.3, 0.4) is 0 Å². The summed E-state index contributed by atoms with van der Waals surface area (Å²) in [5, 5.41) is 11.7. The molecule has 0 spiro atoms. The highest BCUT2D eigenvalue weighted by atomic mass is 16.5. The van der Waals surface area contributed by atoms with Gasteiger partial charge in [-0.25, -0.2) is 0 Å². The number of fused-ring (bicyclic) bond motifs is 3. The van der Waals surface area contributed by atoms with Crippen molar-refractivity contribution in [2.24, 2.45) is 11.8 Å². The maximum absolute atomic E-state index is 12.8. The Morgan fingerprint density at radius 1 is 1.19 bits per heavy atom. The van der Waals surface area contributed by atoms with Crippen molar-refractivity contribution in [2.45, 2.75) is 38.6 Å². The number of amides is 1. The second kappa shape index (κ2) is 9.48. The van der Waals surface area contributed by atoms with Gasteiger partial charge in [-0.05, 0) is 49.1 Å². The molecule has 1 N–H and O–H groups in total. The summed E-state index contributed by atoms with van der Waals surface area (Å²) >= 11 is 0. The van der Waals surface area contributed by atoms with Crippen LogP contribution in [0, 0.1) is 11.8 Å². The number of carbonyl (C=O) groups excluding carboxylic acids is 1. The van der Waals surface area contributed by atoms with E-state index in [1.54, 1.807) is 12.4 Å². The Morgan fingerprint density at radius 3 is 2.88 bits per heavy atom. The number of nitrogens with one attached hydrogen (secondary N) is 1. The molecule has 3 aromatic rings. The molecule has 1 amide bonds. The maximum atomic E-state index is 12.8. The molecule has 5 heterocycles. The van der Waals surface area contributed by atoms with Crippen LogP contribution in [0.15, 0.2) is 61.1 Å². The van der Waals surface area contributed by atoms with Gasteiger partial charge in [-0.1, -0.05) is 29.5 Å². The van der Waals surface area contributed by atoms with Gasteiger partial charge in [0.25, 0.3) is 0 Å². The van der Waals surface area contributed by atoms with Crippen molar-refractivity contribution in [3.05, 3.63) is 72.3 Å². The molecule has 2 aromatic heterocycles. The molecule has 8 heteroatoms. The lowest BCUT2D eigenvalue weighted by molar-refractivity contribution is -0.133. The Labute approximate surface area is 187 Å². The number of benzene rings is 1. The van der Waals surface area contributed by atoms with Crippen molar-refractivity contribution in [3.63, 3.8) is 0 Å². The summed E-state index contributed by atoms with van der Waals surface area (Å²) in [6.07, 6.45) is 7.59. The minimum absolute atomic E-state index is 0.0576. The third-order valence-corrected chi connectivity index (χ3v) is 6.52. The molecule has 0 saturated carbocycles. The van der Waals surface area contributed by atoms with Crippen LogP contribution < -0.4 is 10.1 Å². The Balaban J connectivity index is 1.12. The molecule has 3 fully saturated rings. The van der Waals surface area contributed by atoms with Crippen LogP contribution >= 0.6 is 0 Å². The van der Waals surface area contributed by atoms with Crippen LogP contribution in [0.2, 0.25) is 0 Å². The topological polar surface area (TPSA) is 85.2 Å². The molecule has 0 radical (unpaired) electrons. The minimum atomic E-state index is 0.0576. The first kappa shape index (κ1) is 20.6. The third-order valence-electron chi connectivity index (χ3n) is 6.52. The first-order valence-electron chi connectivity index (χ1n) is 11.2. The van der Waals surface area contributed by atoms with Gasteiger partial charge in [0.05, 0.1) is 18.7 Å². The Kier molecular flexibility index (Phi) is 6.11. The van der Waals surface area contributed by atoms with E-state index in [-0.39, 0.29) is 11.8 Å². The summed E-state index contributed by atoms with van der Waals surface area (Å²) in [6.45, 7) is 3.58. The van der Waals surface area contributed by atoms with Crippen molar-refractivity contribution in [2.75, 3.05) is 13.1 Å². The predicted octanol–water partition coefficient (Wildman–Crippen LogP) is 2.28. The van der Waals surface area contributed by atoms with Gasteiger partial charge in [0.1, 0.15) is 18.1 Å². The molecule has 1 aromatic carbocycles. The van der Waals surface area contributed by atoms with E-state index >= 15 is 0 Å². The average Bonchev–Trinajstić information content (AvgIpc) is 3.30. The number of para-hydroxylation sites is 1. The normalized spacial score (nSPS) is 24.2. The predicted molar refractivity (Wildman–Crippen MR) is 118 cm³/mol. The summed E-state index contributed by atoms with van der Waals surface area (Å²) in [5.74, 6) is 1.46. The quantitative estimate of drug-likeness (QED) is 0.588. The number of hydrogen-bond donors (Lipinski definition) is 1. The molecule has 3 aliphatic rings. The number of nitrogens with zero attached hydrogens (tertiary/aromatic N) is 5. The number of ether oxygens (including phenoxy) is 1. The molecule has 166 valence electrons. The van der Waals surface area contributed by atoms with E-state index in [0.717, 1.165) is 49.5 Å². The summed E-state index contributed by atoms with van der Waals surface area (Å²) in [5.41, 5.74) is 1.84. The zero-order chi connectivity index (χ0) is 21.8. The highest BCUT2D eigenvalue weighted by Crippen LogP contribution is 2.37. The van der Waals surface area contributed by atoms with Gasteiger partial charge in [0.15, 0.2) is 0 Å². The number of piperidine rings is 3. The standard InChI is InChI=1S/C24H28N6O2/c31-24(26-13-18-5-4-9-25-12-18)23-16-29-10-8-19(23)11-21(29)15-30-14-20(27-28-30)17-32-22-6-2-1-3-7-22/h1-7,9,12,14,19,21,23H,8,10-11,13,15-17H2,(H,26,31)/t19-,21+,23-/m0/s1. The number of pyridine rings is 1. The molecule has 0 aliphatic carbocycles. The minimum Gasteiger partial charge on any atom is -0.487 e. The average molecular weight is 433 g/mol. The number of aromatic nitrogens is 4. The van der Waals surface area contributed by atoms with E-state index in [0.29, 0.717) is 25.1 Å². The molecular weight excluding hydrogens is 404 g/mol. The maximum Gasteiger partial charge on any atom is 0.224 e. The number of hydrogen-bond acceptors (Lipinski definition) is 6. The van der Waals surface area contributed by atoms with E-state index in [1.807, 2.05) is 53.3 Å². The lowest BCUT2D eigenvalue weighted by atomic mass is 9.75. The lowest BCUT2D eigenvalue weighted by Gasteiger charge is -2.49. The third kappa shape index (κ3) is 4.80. The van der Waals surface area contributed by atoms with Gasteiger partial charge >= 0.3 is 0 Å². The summed E-state index contributed by atoms with van der Waals surface area (Å²) in [4.78, 5) is 19.4. The molecule has 8 nitrogen and oxygen atoms in total. The van der Waals surface area contributed by atoms with Crippen LogP contribution in [0.1, 0.15) is 24.1 Å². The summed E-state index contributed by atoms with van der Waals surface area (Å²) < 4.78 is 7.67. The highest BCUT2D eigenvalue weighted by molar-refractivity contribution is 5.79. The summed E-state index contributed by atoms with van der Waals surface area (Å²) in [6, 6.07) is 14.0. The molecule has 1 unspecified atom stereocenters. The van der Waals surface area contributed by atoms with E-state index in [9.17, 15) is 4.79 Å². The highest BCUT2D eigenvalue weighted by Gasteiger charge is 2.43. The van der Waals surface area contributed by atoms with E-state index in [2.05, 4.69) is 25.5 Å². The van der Waals surface area contributed by atoms with Crippen LogP contribution in [0.25, 0.3) is 0 Å². The molecule has 32 heavy (non-hydrogen) atoms. The largest absolute Gasteiger partial charge is 0.487 e. The first-order chi connectivity index (χ1) is 15.7. The van der Waals surface area contributed by atoms with Crippen LogP contribution in [-0.2, 0) is 24.5 Å². The van der Waals surface area contributed by atoms with Crippen molar-refractivity contribution < 1.29 is 9.53 Å². The Morgan fingerprint density at radius 2 is 2.09 bits per heavy atom. The smallest absolute Gasteiger partial charge is 0.224 e. The van der Waals surface area contributed by atoms with Crippen LogP contribution in [0.4, 0.5) is 0 Å². The fraction of sp³-hybridized carbons (Fsp3) is 0.417. The zero-order valence-electron chi connectivity index (χ0n) is 18.0. The fourth-order valence-corrected chi connectivity index (χ4v) is 4.83. The molecule has 6 rings (SSSR count). The van der Waals surface area contributed by atoms with Gasteiger partial charge in [-0.3, -0.25) is 19.4 Å². The zero-order valence-corrected chi connectivity index (χ0v) is 18.0. The van der Waals surface area contributed by atoms with Crippen LogP contribution in [-0.4, -0.2) is 49.9 Å². The molecule has 2 bridgehead atoms. The molecule has 3 aliphatic heterocycles. The lowest BCUT2D eigenvalue weighted by Crippen LogP contribution is -2.58. The van der Waals surface area contributed by atoms with Gasteiger partial charge in [0.2, 0.25) is 5.91 Å². The van der Waals surface area contributed by atoms with Crippen molar-refractivity contribution in [1.82, 2.24) is 30.2 Å².